The first-order valence-corrected chi connectivity index (χ1v) is 6.94. The Morgan fingerprint density at radius 2 is 2.05 bits per heavy atom. The molecule has 1 atom stereocenters. The Morgan fingerprint density at radius 3 is 2.64 bits per heavy atom. The zero-order chi connectivity index (χ0) is 15.9. The van der Waals surface area contributed by atoms with Crippen LogP contribution in [0.15, 0.2) is 36.9 Å². The lowest BCUT2D eigenvalue weighted by Gasteiger charge is -2.03. The summed E-state index contributed by atoms with van der Waals surface area (Å²) in [5, 5.41) is 13.0. The van der Waals surface area contributed by atoms with Gasteiger partial charge >= 0.3 is 5.97 Å². The van der Waals surface area contributed by atoms with Crippen molar-refractivity contribution in [3.8, 4) is 11.4 Å². The maximum Gasteiger partial charge on any atom is 0.306 e. The lowest BCUT2D eigenvalue weighted by Crippen LogP contribution is -2.38. The van der Waals surface area contributed by atoms with Gasteiger partial charge in [-0.25, -0.2) is 9.97 Å². The van der Waals surface area contributed by atoms with E-state index in [2.05, 4.69) is 15.1 Å². The monoisotopic (exact) mass is 301 g/mol. The smallest absolute Gasteiger partial charge is 0.306 e. The Morgan fingerprint density at radius 1 is 1.32 bits per heavy atom. The summed E-state index contributed by atoms with van der Waals surface area (Å²) in [7, 11) is 0. The summed E-state index contributed by atoms with van der Waals surface area (Å²) in [6.07, 6.45) is 7.01. The van der Waals surface area contributed by atoms with Gasteiger partial charge in [0.2, 0.25) is 0 Å². The molecule has 2 rings (SSSR count). The number of aliphatic carboxylic acids is 1. The van der Waals surface area contributed by atoms with E-state index in [0.29, 0.717) is 12.4 Å². The van der Waals surface area contributed by atoms with Gasteiger partial charge in [0.15, 0.2) is 18.6 Å². The average molecular weight is 301 g/mol. The van der Waals surface area contributed by atoms with Crippen molar-refractivity contribution in [3.63, 3.8) is 0 Å². The van der Waals surface area contributed by atoms with Gasteiger partial charge in [0.1, 0.15) is 12.0 Å². The van der Waals surface area contributed by atoms with E-state index in [4.69, 9.17) is 5.11 Å². The molecule has 0 aliphatic carbocycles. The molecular formula is C15H17N4O3+. The van der Waals surface area contributed by atoms with Crippen LogP contribution >= 0.6 is 0 Å². The van der Waals surface area contributed by atoms with E-state index in [1.54, 1.807) is 35.5 Å². The number of aryl methyl sites for hydroxylation is 1. The SMILES string of the molecule is CC(CC(=O)CC[n+]1ccc(-c2ncccn2)cn1)C(=O)O. The van der Waals surface area contributed by atoms with Crippen molar-refractivity contribution in [1.82, 2.24) is 15.1 Å². The van der Waals surface area contributed by atoms with Gasteiger partial charge in [0.05, 0.1) is 12.3 Å². The molecule has 0 saturated heterocycles. The number of nitrogens with zero attached hydrogens (tertiary/aromatic N) is 4. The maximum atomic E-state index is 11.7. The summed E-state index contributed by atoms with van der Waals surface area (Å²) in [5.41, 5.74) is 0.794. The van der Waals surface area contributed by atoms with Crippen LogP contribution in [0, 0.1) is 5.92 Å². The predicted octanol–water partition coefficient (Wildman–Crippen LogP) is 0.896. The summed E-state index contributed by atoms with van der Waals surface area (Å²) >= 11 is 0. The quantitative estimate of drug-likeness (QED) is 0.763. The van der Waals surface area contributed by atoms with Crippen LogP contribution in [-0.2, 0) is 16.1 Å². The molecule has 7 heteroatoms. The molecule has 0 amide bonds. The van der Waals surface area contributed by atoms with Gasteiger partial charge < -0.3 is 5.11 Å². The number of ketones is 1. The van der Waals surface area contributed by atoms with Gasteiger partial charge in [-0.2, -0.15) is 0 Å². The third kappa shape index (κ3) is 4.41. The standard InChI is InChI=1S/C15H16N4O3/c1-11(15(21)22)9-13(20)4-8-19-7-3-12(10-18-19)14-16-5-2-6-17-14/h2-3,5-7,10-11H,4,8-9H2,1H3/p+1. The van der Waals surface area contributed by atoms with Crippen molar-refractivity contribution in [3.05, 3.63) is 36.9 Å². The van der Waals surface area contributed by atoms with Gasteiger partial charge in [0.25, 0.3) is 0 Å². The number of carbonyl (C=O) groups is 2. The van der Waals surface area contributed by atoms with Crippen molar-refractivity contribution in [2.24, 2.45) is 5.92 Å². The van der Waals surface area contributed by atoms with Crippen molar-refractivity contribution in [2.45, 2.75) is 26.3 Å². The highest BCUT2D eigenvalue weighted by Gasteiger charge is 2.17. The van der Waals surface area contributed by atoms with E-state index in [1.807, 2.05) is 6.07 Å². The molecule has 0 bridgehead atoms. The minimum atomic E-state index is -0.952. The fourth-order valence-electron chi connectivity index (χ4n) is 1.87. The first-order valence-electron chi connectivity index (χ1n) is 6.94. The molecule has 7 nitrogen and oxygen atoms in total. The largest absolute Gasteiger partial charge is 0.481 e. The molecule has 0 aromatic carbocycles. The Balaban J connectivity index is 1.89. The van der Waals surface area contributed by atoms with Gasteiger partial charge in [0, 0.05) is 30.4 Å². The molecule has 22 heavy (non-hydrogen) atoms. The average Bonchev–Trinajstić information content (AvgIpc) is 2.54. The van der Waals surface area contributed by atoms with Crippen LogP contribution in [0.3, 0.4) is 0 Å². The zero-order valence-corrected chi connectivity index (χ0v) is 12.2. The van der Waals surface area contributed by atoms with Crippen LogP contribution in [0.1, 0.15) is 19.8 Å². The summed E-state index contributed by atoms with van der Waals surface area (Å²) in [6.45, 7) is 1.95. The number of carbonyl (C=O) groups excluding carboxylic acids is 1. The highest BCUT2D eigenvalue weighted by atomic mass is 16.4. The fraction of sp³-hybridized carbons (Fsp3) is 0.333. The summed E-state index contributed by atoms with van der Waals surface area (Å²) in [4.78, 5) is 30.7. The fourth-order valence-corrected chi connectivity index (χ4v) is 1.87. The number of carboxylic acid groups (broad SMARTS) is 1. The van der Waals surface area contributed by atoms with Crippen molar-refractivity contribution < 1.29 is 19.4 Å². The number of hydrogen-bond donors (Lipinski definition) is 1. The lowest BCUT2D eigenvalue weighted by molar-refractivity contribution is -0.752. The second-order valence-corrected chi connectivity index (χ2v) is 4.98. The molecule has 2 aromatic heterocycles. The van der Waals surface area contributed by atoms with Crippen LogP contribution < -0.4 is 4.68 Å². The molecule has 0 radical (unpaired) electrons. The molecule has 0 spiro atoms. The number of carboxylic acids is 1. The molecule has 114 valence electrons. The Labute approximate surface area is 127 Å². The van der Waals surface area contributed by atoms with Crippen molar-refractivity contribution in [2.75, 3.05) is 0 Å². The lowest BCUT2D eigenvalue weighted by atomic mass is 10.0. The number of rotatable bonds is 7. The minimum Gasteiger partial charge on any atom is -0.481 e. The Bertz CT molecular complexity index is 644. The topological polar surface area (TPSA) is 96.9 Å². The zero-order valence-electron chi connectivity index (χ0n) is 12.2. The van der Waals surface area contributed by atoms with Crippen LogP contribution in [-0.4, -0.2) is 31.9 Å². The van der Waals surface area contributed by atoms with E-state index >= 15 is 0 Å². The normalized spacial score (nSPS) is 11.9. The first kappa shape index (κ1) is 15.7. The van der Waals surface area contributed by atoms with Crippen LogP contribution in [0.25, 0.3) is 11.4 Å². The molecule has 0 fully saturated rings. The van der Waals surface area contributed by atoms with E-state index in [1.165, 1.54) is 6.92 Å². The first-order chi connectivity index (χ1) is 10.6. The summed E-state index contributed by atoms with van der Waals surface area (Å²) in [5.74, 6) is -1.09. The highest BCUT2D eigenvalue weighted by Crippen LogP contribution is 2.09. The summed E-state index contributed by atoms with van der Waals surface area (Å²) < 4.78 is 1.63. The van der Waals surface area contributed by atoms with Gasteiger partial charge in [-0.05, 0) is 11.2 Å². The van der Waals surface area contributed by atoms with Crippen molar-refractivity contribution >= 4 is 11.8 Å². The number of aromatic nitrogens is 4. The van der Waals surface area contributed by atoms with Crippen LogP contribution in [0.2, 0.25) is 0 Å². The molecule has 0 aliphatic rings. The van der Waals surface area contributed by atoms with E-state index in [9.17, 15) is 9.59 Å². The third-order valence-corrected chi connectivity index (χ3v) is 3.17. The molecular weight excluding hydrogens is 284 g/mol. The predicted molar refractivity (Wildman–Crippen MR) is 76.5 cm³/mol. The van der Waals surface area contributed by atoms with E-state index < -0.39 is 11.9 Å². The molecule has 0 saturated carbocycles. The van der Waals surface area contributed by atoms with Crippen molar-refractivity contribution in [1.29, 1.82) is 0 Å². The summed E-state index contributed by atoms with van der Waals surface area (Å²) in [6, 6.07) is 3.57. The Kier molecular flexibility index (Phi) is 5.24. The molecule has 2 heterocycles. The molecule has 0 aliphatic heterocycles. The molecule has 2 aromatic rings. The van der Waals surface area contributed by atoms with Crippen LogP contribution in [0.5, 0.6) is 0 Å². The minimum absolute atomic E-state index is 0.0475. The highest BCUT2D eigenvalue weighted by molar-refractivity contribution is 5.83. The van der Waals surface area contributed by atoms with Gasteiger partial charge in [-0.3, -0.25) is 9.59 Å². The van der Waals surface area contributed by atoms with Gasteiger partial charge in [-0.1, -0.05) is 11.6 Å². The third-order valence-electron chi connectivity index (χ3n) is 3.17. The molecule has 1 N–H and O–H groups in total. The second kappa shape index (κ2) is 7.35. The van der Waals surface area contributed by atoms with Gasteiger partial charge in [-0.15, -0.1) is 0 Å². The molecule has 1 unspecified atom stereocenters. The second-order valence-electron chi connectivity index (χ2n) is 4.98. The van der Waals surface area contributed by atoms with E-state index in [0.717, 1.165) is 5.56 Å². The van der Waals surface area contributed by atoms with Crippen LogP contribution in [0.4, 0.5) is 0 Å². The van der Waals surface area contributed by atoms with E-state index in [-0.39, 0.29) is 18.6 Å². The maximum absolute atomic E-state index is 11.7. The Hall–Kier alpha value is -2.70. The number of Topliss-reactive ketones (excluding diaryl/α,β-unsaturated/α-hetero) is 1. The number of hydrogen-bond acceptors (Lipinski definition) is 5.